The van der Waals surface area contributed by atoms with Crippen molar-refractivity contribution in [1.29, 1.82) is 5.26 Å². The van der Waals surface area contributed by atoms with Gasteiger partial charge in [0.2, 0.25) is 11.9 Å². The van der Waals surface area contributed by atoms with Crippen molar-refractivity contribution in [3.8, 4) is 11.8 Å². The standard InChI is InChI=1S/C17H15F2N5O2/c1-26-11-3-4-14(21-10-7-12(18)22-13(19)8-10)23-15(11)16(25)24-17(9-20)5-2-6-17/h3-4,7-8H,2,5-6H2,1H3,(H,24,25)(H,21,22,23). The van der Waals surface area contributed by atoms with E-state index in [4.69, 9.17) is 4.74 Å². The lowest BCUT2D eigenvalue weighted by Gasteiger charge is -2.35. The zero-order valence-corrected chi connectivity index (χ0v) is 13.8. The van der Waals surface area contributed by atoms with Crippen molar-refractivity contribution in [1.82, 2.24) is 15.3 Å². The van der Waals surface area contributed by atoms with Crippen LogP contribution in [0.25, 0.3) is 0 Å². The van der Waals surface area contributed by atoms with Crippen molar-refractivity contribution in [3.63, 3.8) is 0 Å². The van der Waals surface area contributed by atoms with Gasteiger partial charge in [-0.15, -0.1) is 0 Å². The van der Waals surface area contributed by atoms with E-state index in [-0.39, 0.29) is 22.9 Å². The fourth-order valence-electron chi connectivity index (χ4n) is 2.60. The number of ether oxygens (including phenoxy) is 1. The SMILES string of the molecule is COc1ccc(Nc2cc(F)nc(F)c2)nc1C(=O)NC1(C#N)CCC1. The molecule has 0 bridgehead atoms. The quantitative estimate of drug-likeness (QED) is 0.796. The second kappa shape index (κ2) is 6.92. The first-order chi connectivity index (χ1) is 12.4. The summed E-state index contributed by atoms with van der Waals surface area (Å²) in [6.07, 6.45) is 2.01. The highest BCUT2D eigenvalue weighted by molar-refractivity contribution is 5.96. The first kappa shape index (κ1) is 17.5. The molecular formula is C17H15F2N5O2. The minimum atomic E-state index is -0.986. The third kappa shape index (κ3) is 3.54. The Morgan fingerprint density at radius 3 is 2.50 bits per heavy atom. The Morgan fingerprint density at radius 1 is 1.27 bits per heavy atom. The number of hydrogen-bond acceptors (Lipinski definition) is 6. The number of hydrogen-bond donors (Lipinski definition) is 2. The summed E-state index contributed by atoms with van der Waals surface area (Å²) in [4.78, 5) is 19.7. The molecule has 1 fully saturated rings. The first-order valence-electron chi connectivity index (χ1n) is 7.83. The number of pyridine rings is 2. The van der Waals surface area contributed by atoms with E-state index < -0.39 is 23.3 Å². The van der Waals surface area contributed by atoms with Crippen molar-refractivity contribution in [2.24, 2.45) is 0 Å². The van der Waals surface area contributed by atoms with E-state index >= 15 is 0 Å². The van der Waals surface area contributed by atoms with E-state index in [0.717, 1.165) is 18.6 Å². The number of carbonyl (C=O) groups is 1. The van der Waals surface area contributed by atoms with E-state index in [1.807, 2.05) is 0 Å². The molecule has 0 aliphatic heterocycles. The molecule has 2 N–H and O–H groups in total. The molecule has 2 aromatic rings. The average Bonchev–Trinajstić information content (AvgIpc) is 2.57. The molecule has 9 heteroatoms. The van der Waals surface area contributed by atoms with Crippen LogP contribution in [0.15, 0.2) is 24.3 Å². The molecule has 1 aliphatic carbocycles. The van der Waals surface area contributed by atoms with Gasteiger partial charge >= 0.3 is 0 Å². The second-order valence-corrected chi connectivity index (χ2v) is 5.88. The fraction of sp³-hybridized carbons (Fsp3) is 0.294. The third-order valence-electron chi connectivity index (χ3n) is 4.10. The lowest BCUT2D eigenvalue weighted by molar-refractivity contribution is 0.0873. The van der Waals surface area contributed by atoms with E-state index in [1.54, 1.807) is 0 Å². The van der Waals surface area contributed by atoms with Crippen molar-refractivity contribution >= 4 is 17.4 Å². The maximum atomic E-state index is 13.2. The number of nitrogens with zero attached hydrogens (tertiary/aromatic N) is 3. The number of aromatic nitrogens is 2. The monoisotopic (exact) mass is 359 g/mol. The Morgan fingerprint density at radius 2 is 1.96 bits per heavy atom. The Labute approximate surface area is 148 Å². The molecule has 3 rings (SSSR count). The van der Waals surface area contributed by atoms with Crippen molar-refractivity contribution < 1.29 is 18.3 Å². The van der Waals surface area contributed by atoms with Gasteiger partial charge in [-0.05, 0) is 31.4 Å². The zero-order valence-electron chi connectivity index (χ0n) is 13.8. The number of rotatable bonds is 5. The summed E-state index contributed by atoms with van der Waals surface area (Å²) < 4.78 is 31.5. The minimum absolute atomic E-state index is 0.0333. The van der Waals surface area contributed by atoms with Gasteiger partial charge in [0.1, 0.15) is 17.1 Å². The molecule has 1 amide bonds. The van der Waals surface area contributed by atoms with Gasteiger partial charge < -0.3 is 15.4 Å². The molecule has 1 aliphatic rings. The summed E-state index contributed by atoms with van der Waals surface area (Å²) in [5.41, 5.74) is -0.828. The Bertz CT molecular complexity index is 873. The van der Waals surface area contributed by atoms with Crippen LogP contribution < -0.4 is 15.4 Å². The number of nitriles is 1. The summed E-state index contributed by atoms with van der Waals surface area (Å²) in [6, 6.07) is 7.09. The first-order valence-corrected chi connectivity index (χ1v) is 7.83. The maximum Gasteiger partial charge on any atom is 0.275 e. The lowest BCUT2D eigenvalue weighted by Crippen LogP contribution is -2.52. The molecule has 1 saturated carbocycles. The number of nitrogens with one attached hydrogen (secondary N) is 2. The third-order valence-corrected chi connectivity index (χ3v) is 4.10. The predicted molar refractivity (Wildman–Crippen MR) is 87.9 cm³/mol. The summed E-state index contributed by atoms with van der Waals surface area (Å²) in [7, 11) is 1.39. The van der Waals surface area contributed by atoms with Gasteiger partial charge in [0, 0.05) is 17.8 Å². The Balaban J connectivity index is 1.86. The molecular weight excluding hydrogens is 344 g/mol. The van der Waals surface area contributed by atoms with Crippen LogP contribution in [0.5, 0.6) is 5.75 Å². The number of carbonyl (C=O) groups excluding carboxylic acids is 1. The van der Waals surface area contributed by atoms with Crippen LogP contribution in [0.2, 0.25) is 0 Å². The topological polar surface area (TPSA) is 99.9 Å². The van der Waals surface area contributed by atoms with Crippen LogP contribution in [-0.2, 0) is 0 Å². The highest BCUT2D eigenvalue weighted by Gasteiger charge is 2.39. The van der Waals surface area contributed by atoms with Crippen LogP contribution in [0, 0.1) is 23.2 Å². The number of amides is 1. The molecule has 26 heavy (non-hydrogen) atoms. The summed E-state index contributed by atoms with van der Waals surface area (Å²) in [6.45, 7) is 0. The fourth-order valence-corrected chi connectivity index (χ4v) is 2.60. The number of anilines is 2. The maximum absolute atomic E-state index is 13.2. The van der Waals surface area contributed by atoms with Crippen molar-refractivity contribution in [2.75, 3.05) is 12.4 Å². The van der Waals surface area contributed by atoms with E-state index in [9.17, 15) is 18.8 Å². The summed E-state index contributed by atoms with van der Waals surface area (Å²) in [5, 5.41) is 14.6. The molecule has 2 heterocycles. The lowest BCUT2D eigenvalue weighted by atomic mass is 9.78. The van der Waals surface area contributed by atoms with Crippen LogP contribution in [0.4, 0.5) is 20.3 Å². The average molecular weight is 359 g/mol. The largest absolute Gasteiger partial charge is 0.494 e. The van der Waals surface area contributed by atoms with Gasteiger partial charge in [-0.2, -0.15) is 19.0 Å². The minimum Gasteiger partial charge on any atom is -0.494 e. The highest BCUT2D eigenvalue weighted by Crippen LogP contribution is 2.32. The highest BCUT2D eigenvalue weighted by atomic mass is 19.1. The number of halogens is 2. The van der Waals surface area contributed by atoms with Crippen LogP contribution in [-0.4, -0.2) is 28.5 Å². The van der Waals surface area contributed by atoms with Crippen LogP contribution in [0.1, 0.15) is 29.8 Å². The molecule has 0 spiro atoms. The van der Waals surface area contributed by atoms with Gasteiger partial charge in [-0.25, -0.2) is 4.98 Å². The molecule has 7 nitrogen and oxygen atoms in total. The smallest absolute Gasteiger partial charge is 0.275 e. The van der Waals surface area contributed by atoms with Gasteiger partial charge in [-0.3, -0.25) is 4.79 Å². The van der Waals surface area contributed by atoms with Gasteiger partial charge in [-0.1, -0.05) is 0 Å². The zero-order chi connectivity index (χ0) is 18.7. The molecule has 0 atom stereocenters. The van der Waals surface area contributed by atoms with Crippen molar-refractivity contribution in [3.05, 3.63) is 41.9 Å². The summed E-state index contributed by atoms with van der Waals surface area (Å²) >= 11 is 0. The molecule has 0 saturated heterocycles. The molecule has 0 radical (unpaired) electrons. The molecule has 0 unspecified atom stereocenters. The van der Waals surface area contributed by atoms with E-state index in [2.05, 4.69) is 26.7 Å². The van der Waals surface area contributed by atoms with Gasteiger partial charge in [0.15, 0.2) is 5.69 Å². The van der Waals surface area contributed by atoms with Gasteiger partial charge in [0.05, 0.1) is 13.2 Å². The molecule has 0 aromatic carbocycles. The predicted octanol–water partition coefficient (Wildman–Crippen LogP) is 2.68. The van der Waals surface area contributed by atoms with E-state index in [0.29, 0.717) is 12.8 Å². The Kier molecular flexibility index (Phi) is 4.67. The van der Waals surface area contributed by atoms with E-state index in [1.165, 1.54) is 19.2 Å². The molecule has 2 aromatic heterocycles. The normalized spacial score (nSPS) is 14.7. The van der Waals surface area contributed by atoms with Crippen molar-refractivity contribution in [2.45, 2.75) is 24.8 Å². The number of methoxy groups -OCH3 is 1. The summed E-state index contributed by atoms with van der Waals surface area (Å²) in [5.74, 6) is -2.13. The Hall–Kier alpha value is -3.28. The van der Waals surface area contributed by atoms with Crippen LogP contribution >= 0.6 is 0 Å². The van der Waals surface area contributed by atoms with Gasteiger partial charge in [0.25, 0.3) is 5.91 Å². The second-order valence-electron chi connectivity index (χ2n) is 5.88. The van der Waals surface area contributed by atoms with Crippen LogP contribution in [0.3, 0.4) is 0 Å². The molecule has 134 valence electrons.